The Morgan fingerprint density at radius 3 is 3.08 bits per heavy atom. The normalized spacial score (nSPS) is 18.1. The van der Waals surface area contributed by atoms with Crippen LogP contribution in [-0.4, -0.2) is 17.5 Å². The average molecular weight is 241 g/mol. The Morgan fingerprint density at radius 1 is 1.46 bits per heavy atom. The Hall–Kier alpha value is -1.03. The van der Waals surface area contributed by atoms with Crippen molar-refractivity contribution in [3.63, 3.8) is 0 Å². The van der Waals surface area contributed by atoms with Crippen LogP contribution in [0, 0.1) is 0 Å². The van der Waals surface area contributed by atoms with Crippen molar-refractivity contribution in [3.8, 4) is 0 Å². The van der Waals surface area contributed by atoms with Crippen LogP contribution in [0.5, 0.6) is 0 Å². The molecule has 13 heavy (non-hydrogen) atoms. The summed E-state index contributed by atoms with van der Waals surface area (Å²) in [6, 6.07) is 5.84. The number of rotatable bonds is 0. The number of nitrogens with zero attached hydrogens (tertiary/aromatic N) is 1. The summed E-state index contributed by atoms with van der Waals surface area (Å²) >= 11 is 3.44. The van der Waals surface area contributed by atoms with Crippen molar-refractivity contribution in [2.24, 2.45) is 5.16 Å². The third kappa shape index (κ3) is 1.42. The molecule has 0 amide bonds. The van der Waals surface area contributed by atoms with Crippen molar-refractivity contribution >= 4 is 27.3 Å². The first-order valence-electron chi connectivity index (χ1n) is 4.06. The van der Waals surface area contributed by atoms with E-state index in [9.17, 15) is 0 Å². The van der Waals surface area contributed by atoms with Crippen molar-refractivity contribution in [3.05, 3.63) is 28.2 Å². The molecule has 1 aliphatic rings. The SMILES string of the molecule is ON=C1CCNc2c(Br)cccc21. The highest BCUT2D eigenvalue weighted by Gasteiger charge is 2.16. The molecule has 1 aromatic carbocycles. The third-order valence-corrected chi connectivity index (χ3v) is 2.77. The van der Waals surface area contributed by atoms with E-state index in [0.29, 0.717) is 0 Å². The predicted molar refractivity (Wildman–Crippen MR) is 55.6 cm³/mol. The molecule has 0 radical (unpaired) electrons. The number of hydrogen-bond donors (Lipinski definition) is 2. The molecule has 0 fully saturated rings. The van der Waals surface area contributed by atoms with Crippen molar-refractivity contribution < 1.29 is 5.21 Å². The molecule has 0 bridgehead atoms. The summed E-state index contributed by atoms with van der Waals surface area (Å²) in [5.74, 6) is 0. The van der Waals surface area contributed by atoms with Gasteiger partial charge in [-0.1, -0.05) is 17.3 Å². The zero-order chi connectivity index (χ0) is 9.26. The lowest BCUT2D eigenvalue weighted by Gasteiger charge is -2.19. The quantitative estimate of drug-likeness (QED) is 0.541. The van der Waals surface area contributed by atoms with Crippen LogP contribution in [0.4, 0.5) is 5.69 Å². The molecule has 0 spiro atoms. The van der Waals surface area contributed by atoms with Crippen molar-refractivity contribution in [2.75, 3.05) is 11.9 Å². The molecule has 0 unspecified atom stereocenters. The summed E-state index contributed by atoms with van der Waals surface area (Å²) in [6.07, 6.45) is 0.764. The molecule has 1 heterocycles. The van der Waals surface area contributed by atoms with Gasteiger partial charge in [0.15, 0.2) is 0 Å². The standard InChI is InChI=1S/C9H9BrN2O/c10-7-3-1-2-6-8(12-13)4-5-11-9(6)7/h1-3,11,13H,4-5H2. The van der Waals surface area contributed by atoms with Gasteiger partial charge in [-0.15, -0.1) is 0 Å². The van der Waals surface area contributed by atoms with Crippen LogP contribution in [0.15, 0.2) is 27.8 Å². The number of fused-ring (bicyclic) bond motifs is 1. The molecule has 68 valence electrons. The van der Waals surface area contributed by atoms with Gasteiger partial charge in [0, 0.05) is 23.0 Å². The van der Waals surface area contributed by atoms with Crippen LogP contribution in [0.2, 0.25) is 0 Å². The molecule has 1 aromatic rings. The number of para-hydroxylation sites is 1. The topological polar surface area (TPSA) is 44.6 Å². The van der Waals surface area contributed by atoms with Crippen LogP contribution in [-0.2, 0) is 0 Å². The minimum absolute atomic E-state index is 0.745. The van der Waals surface area contributed by atoms with Crippen LogP contribution in [0.1, 0.15) is 12.0 Å². The first-order valence-corrected chi connectivity index (χ1v) is 4.86. The minimum Gasteiger partial charge on any atom is -0.411 e. The van der Waals surface area contributed by atoms with Crippen molar-refractivity contribution in [1.82, 2.24) is 0 Å². The molecule has 0 aromatic heterocycles. The lowest BCUT2D eigenvalue weighted by atomic mass is 10.0. The van der Waals surface area contributed by atoms with Gasteiger partial charge in [0.05, 0.1) is 11.4 Å². The van der Waals surface area contributed by atoms with Gasteiger partial charge in [-0.2, -0.15) is 0 Å². The van der Waals surface area contributed by atoms with Gasteiger partial charge < -0.3 is 10.5 Å². The fraction of sp³-hybridized carbons (Fsp3) is 0.222. The molecule has 0 atom stereocenters. The fourth-order valence-corrected chi connectivity index (χ4v) is 2.00. The summed E-state index contributed by atoms with van der Waals surface area (Å²) in [5, 5.41) is 15.3. The van der Waals surface area contributed by atoms with E-state index >= 15 is 0 Å². The summed E-state index contributed by atoms with van der Waals surface area (Å²) in [5.41, 5.74) is 2.74. The summed E-state index contributed by atoms with van der Waals surface area (Å²) in [4.78, 5) is 0. The highest BCUT2D eigenvalue weighted by atomic mass is 79.9. The van der Waals surface area contributed by atoms with Gasteiger partial charge in [0.25, 0.3) is 0 Å². The molecule has 1 aliphatic heterocycles. The maximum Gasteiger partial charge on any atom is 0.0906 e. The van der Waals surface area contributed by atoms with E-state index in [2.05, 4.69) is 26.4 Å². The third-order valence-electron chi connectivity index (χ3n) is 2.11. The van der Waals surface area contributed by atoms with Crippen LogP contribution < -0.4 is 5.32 Å². The molecule has 2 N–H and O–H groups in total. The average Bonchev–Trinajstić information content (AvgIpc) is 2.18. The van der Waals surface area contributed by atoms with E-state index in [1.54, 1.807) is 0 Å². The zero-order valence-corrected chi connectivity index (χ0v) is 8.50. The molecule has 2 rings (SSSR count). The van der Waals surface area contributed by atoms with Gasteiger partial charge in [0.1, 0.15) is 0 Å². The molecule has 0 saturated heterocycles. The van der Waals surface area contributed by atoms with E-state index in [1.807, 2.05) is 18.2 Å². The van der Waals surface area contributed by atoms with Crippen LogP contribution in [0.3, 0.4) is 0 Å². The first kappa shape index (κ1) is 8.56. The fourth-order valence-electron chi connectivity index (χ4n) is 1.49. The maximum absolute atomic E-state index is 8.77. The van der Waals surface area contributed by atoms with E-state index in [1.165, 1.54) is 0 Å². The summed E-state index contributed by atoms with van der Waals surface area (Å²) < 4.78 is 1.01. The predicted octanol–water partition coefficient (Wildman–Crippen LogP) is 2.44. The van der Waals surface area contributed by atoms with E-state index < -0.39 is 0 Å². The largest absolute Gasteiger partial charge is 0.411 e. The highest BCUT2D eigenvalue weighted by Crippen LogP contribution is 2.30. The van der Waals surface area contributed by atoms with Crippen molar-refractivity contribution in [1.29, 1.82) is 0 Å². The Labute approximate surface area is 84.6 Å². The Balaban J connectivity index is 2.58. The number of nitrogens with one attached hydrogen (secondary N) is 1. The number of hydrogen-bond acceptors (Lipinski definition) is 3. The molecule has 4 heteroatoms. The van der Waals surface area contributed by atoms with Crippen LogP contribution in [0.25, 0.3) is 0 Å². The smallest absolute Gasteiger partial charge is 0.0906 e. The summed E-state index contributed by atoms with van der Waals surface area (Å²) in [7, 11) is 0. The van der Waals surface area contributed by atoms with Gasteiger partial charge in [-0.3, -0.25) is 0 Å². The lowest BCUT2D eigenvalue weighted by molar-refractivity contribution is 0.318. The first-order chi connectivity index (χ1) is 6.33. The maximum atomic E-state index is 8.77. The molecular weight excluding hydrogens is 232 g/mol. The molecular formula is C9H9BrN2O. The van der Waals surface area contributed by atoms with Crippen molar-refractivity contribution in [2.45, 2.75) is 6.42 Å². The van der Waals surface area contributed by atoms with Crippen LogP contribution >= 0.6 is 15.9 Å². The number of halogens is 1. The van der Waals surface area contributed by atoms with Gasteiger partial charge in [-0.05, 0) is 22.0 Å². The number of anilines is 1. The van der Waals surface area contributed by atoms with Gasteiger partial charge in [-0.25, -0.2) is 0 Å². The highest BCUT2D eigenvalue weighted by molar-refractivity contribution is 9.10. The van der Waals surface area contributed by atoms with Gasteiger partial charge in [0.2, 0.25) is 0 Å². The molecule has 3 nitrogen and oxygen atoms in total. The molecule has 0 aliphatic carbocycles. The Morgan fingerprint density at radius 2 is 2.31 bits per heavy atom. The summed E-state index contributed by atoms with van der Waals surface area (Å²) in [6.45, 7) is 0.814. The monoisotopic (exact) mass is 240 g/mol. The Bertz CT molecular complexity index is 363. The van der Waals surface area contributed by atoms with E-state index in [4.69, 9.17) is 5.21 Å². The zero-order valence-electron chi connectivity index (χ0n) is 6.92. The Kier molecular flexibility index (Phi) is 2.22. The second-order valence-corrected chi connectivity index (χ2v) is 3.74. The van der Waals surface area contributed by atoms with E-state index in [-0.39, 0.29) is 0 Å². The van der Waals surface area contributed by atoms with E-state index in [0.717, 1.165) is 34.4 Å². The second-order valence-electron chi connectivity index (χ2n) is 2.89. The number of benzene rings is 1. The molecule has 0 saturated carbocycles. The minimum atomic E-state index is 0.745. The van der Waals surface area contributed by atoms with Gasteiger partial charge >= 0.3 is 0 Å². The lowest BCUT2D eigenvalue weighted by Crippen LogP contribution is -2.18. The number of oxime groups is 1. The second kappa shape index (κ2) is 3.38.